The minimum atomic E-state index is -4.66. The number of benzene rings is 1. The lowest BCUT2D eigenvalue weighted by Gasteiger charge is -2.09. The van der Waals surface area contributed by atoms with Crippen molar-refractivity contribution in [1.82, 2.24) is 14.1 Å². The van der Waals surface area contributed by atoms with E-state index in [0.717, 1.165) is 12.5 Å². The molecule has 3 aromatic rings. The van der Waals surface area contributed by atoms with E-state index in [9.17, 15) is 26.4 Å². The van der Waals surface area contributed by atoms with Crippen molar-refractivity contribution in [3.63, 3.8) is 0 Å². The molecule has 0 N–H and O–H groups in total. The van der Waals surface area contributed by atoms with Gasteiger partial charge in [-0.1, -0.05) is 0 Å². The molecule has 2 heterocycles. The van der Waals surface area contributed by atoms with E-state index >= 15 is 0 Å². The van der Waals surface area contributed by atoms with Gasteiger partial charge in [0, 0.05) is 43.0 Å². The molecule has 1 aromatic carbocycles. The second-order valence-electron chi connectivity index (χ2n) is 5.95. The molecule has 0 amide bonds. The molecule has 27 heavy (non-hydrogen) atoms. The number of hydrogen-bond acceptors (Lipinski definition) is 4. The number of imidazole rings is 1. The monoisotopic (exact) mass is 397 g/mol. The van der Waals surface area contributed by atoms with Crippen LogP contribution in [0.15, 0.2) is 58.5 Å². The summed E-state index contributed by atoms with van der Waals surface area (Å²) < 4.78 is 65.1. The quantitative estimate of drug-likeness (QED) is 0.681. The van der Waals surface area contributed by atoms with Crippen LogP contribution in [-0.4, -0.2) is 28.8 Å². The molecule has 0 atom stereocenters. The number of sulfone groups is 1. The van der Waals surface area contributed by atoms with Crippen molar-refractivity contribution in [1.29, 1.82) is 0 Å². The van der Waals surface area contributed by atoms with E-state index in [-0.39, 0.29) is 16.3 Å². The fourth-order valence-corrected chi connectivity index (χ4v) is 3.13. The van der Waals surface area contributed by atoms with Gasteiger partial charge in [-0.15, -0.1) is 0 Å². The highest BCUT2D eigenvalue weighted by Gasteiger charge is 2.35. The van der Waals surface area contributed by atoms with Crippen LogP contribution in [0.25, 0.3) is 17.1 Å². The Hall–Kier alpha value is -2.88. The molecule has 0 aliphatic rings. The third kappa shape index (κ3) is 3.80. The zero-order valence-corrected chi connectivity index (χ0v) is 15.0. The van der Waals surface area contributed by atoms with E-state index in [1.165, 1.54) is 58.8 Å². The van der Waals surface area contributed by atoms with E-state index in [1.807, 2.05) is 0 Å². The number of aryl methyl sites for hydroxylation is 1. The van der Waals surface area contributed by atoms with Crippen molar-refractivity contribution in [3.05, 3.63) is 64.8 Å². The Labute approximate surface area is 152 Å². The van der Waals surface area contributed by atoms with Gasteiger partial charge in [-0.25, -0.2) is 13.4 Å². The van der Waals surface area contributed by atoms with Crippen LogP contribution in [0.3, 0.4) is 0 Å². The normalized spacial score (nSPS) is 12.3. The summed E-state index contributed by atoms with van der Waals surface area (Å²) >= 11 is 0. The van der Waals surface area contributed by atoms with Crippen molar-refractivity contribution >= 4 is 9.84 Å². The number of aromatic nitrogens is 3. The molecule has 0 aliphatic heterocycles. The van der Waals surface area contributed by atoms with Crippen LogP contribution in [0.5, 0.6) is 0 Å². The van der Waals surface area contributed by atoms with Crippen LogP contribution in [0.2, 0.25) is 0 Å². The maximum Gasteiger partial charge on any atom is 0.434 e. The smallest absolute Gasteiger partial charge is 0.318 e. The SMILES string of the molecule is Cn1cc(-c2nc(C(F)(F)F)cn2-c2ccc(S(C)(=O)=O)cc2)ccc1=O. The summed E-state index contributed by atoms with van der Waals surface area (Å²) in [5.74, 6) is -0.0231. The van der Waals surface area contributed by atoms with E-state index in [0.29, 0.717) is 11.3 Å². The Balaban J connectivity index is 2.20. The fraction of sp³-hybridized carbons (Fsp3) is 0.176. The minimum absolute atomic E-state index is 0.0231. The summed E-state index contributed by atoms with van der Waals surface area (Å²) in [5.41, 5.74) is -0.807. The fourth-order valence-electron chi connectivity index (χ4n) is 2.50. The van der Waals surface area contributed by atoms with E-state index in [2.05, 4.69) is 4.98 Å². The Morgan fingerprint density at radius 3 is 2.15 bits per heavy atom. The standard InChI is InChI=1S/C17H14F3N3O3S/c1-22-9-11(3-8-15(22)24)16-21-14(17(18,19)20)10-23(16)12-4-6-13(7-5-12)27(2,25)26/h3-10H,1-2H3. The Morgan fingerprint density at radius 1 is 1.00 bits per heavy atom. The number of nitrogens with zero attached hydrogens (tertiary/aromatic N) is 3. The molecule has 0 bridgehead atoms. The largest absolute Gasteiger partial charge is 0.434 e. The molecule has 0 spiro atoms. The summed E-state index contributed by atoms with van der Waals surface area (Å²) in [4.78, 5) is 15.3. The lowest BCUT2D eigenvalue weighted by Crippen LogP contribution is -2.14. The van der Waals surface area contributed by atoms with Gasteiger partial charge in [0.05, 0.1) is 4.90 Å². The van der Waals surface area contributed by atoms with Gasteiger partial charge in [0.2, 0.25) is 5.56 Å². The molecular weight excluding hydrogens is 383 g/mol. The van der Waals surface area contributed by atoms with E-state index < -0.39 is 21.7 Å². The molecule has 0 fully saturated rings. The second kappa shape index (κ2) is 6.38. The highest BCUT2D eigenvalue weighted by Crippen LogP contribution is 2.32. The summed E-state index contributed by atoms with van der Waals surface area (Å²) in [5, 5.41) is 0. The van der Waals surface area contributed by atoms with Gasteiger partial charge < -0.3 is 4.57 Å². The van der Waals surface area contributed by atoms with Gasteiger partial charge in [-0.05, 0) is 30.3 Å². The summed E-state index contributed by atoms with van der Waals surface area (Å²) in [7, 11) is -1.96. The van der Waals surface area contributed by atoms with Crippen LogP contribution < -0.4 is 5.56 Å². The van der Waals surface area contributed by atoms with Gasteiger partial charge in [0.1, 0.15) is 5.82 Å². The summed E-state index contributed by atoms with van der Waals surface area (Å²) in [6, 6.07) is 8.01. The van der Waals surface area contributed by atoms with Gasteiger partial charge in [-0.2, -0.15) is 13.2 Å². The lowest BCUT2D eigenvalue weighted by molar-refractivity contribution is -0.140. The lowest BCUT2D eigenvalue weighted by atomic mass is 10.2. The average molecular weight is 397 g/mol. The van der Waals surface area contributed by atoms with Crippen LogP contribution in [0.4, 0.5) is 13.2 Å². The molecule has 0 radical (unpaired) electrons. The van der Waals surface area contributed by atoms with Gasteiger partial charge >= 0.3 is 6.18 Å². The molecule has 0 saturated carbocycles. The predicted octanol–water partition coefficient (Wildman–Crippen LogP) is 2.66. The highest BCUT2D eigenvalue weighted by molar-refractivity contribution is 7.90. The number of pyridine rings is 1. The van der Waals surface area contributed by atoms with E-state index in [4.69, 9.17) is 0 Å². The zero-order chi connectivity index (χ0) is 20.0. The molecule has 6 nitrogen and oxygen atoms in total. The molecule has 0 aliphatic carbocycles. The van der Waals surface area contributed by atoms with Crippen molar-refractivity contribution in [2.24, 2.45) is 7.05 Å². The second-order valence-corrected chi connectivity index (χ2v) is 7.97. The maximum atomic E-state index is 13.2. The van der Waals surface area contributed by atoms with Gasteiger partial charge in [0.15, 0.2) is 15.5 Å². The maximum absolute atomic E-state index is 13.2. The highest BCUT2D eigenvalue weighted by atomic mass is 32.2. The topological polar surface area (TPSA) is 74.0 Å². The average Bonchev–Trinajstić information content (AvgIpc) is 3.02. The Morgan fingerprint density at radius 2 is 1.63 bits per heavy atom. The first-order valence-electron chi connectivity index (χ1n) is 7.61. The van der Waals surface area contributed by atoms with Crippen LogP contribution in [-0.2, 0) is 23.1 Å². The summed E-state index contributed by atoms with van der Waals surface area (Å²) in [6.45, 7) is 0. The first-order chi connectivity index (χ1) is 12.5. The molecule has 0 saturated heterocycles. The van der Waals surface area contributed by atoms with Gasteiger partial charge in [-0.3, -0.25) is 9.36 Å². The van der Waals surface area contributed by atoms with Gasteiger partial charge in [0.25, 0.3) is 0 Å². The predicted molar refractivity (Wildman–Crippen MR) is 92.4 cm³/mol. The minimum Gasteiger partial charge on any atom is -0.318 e. The molecule has 2 aromatic heterocycles. The first kappa shape index (κ1) is 18.9. The van der Waals surface area contributed by atoms with Crippen LogP contribution in [0, 0.1) is 0 Å². The number of rotatable bonds is 3. The van der Waals surface area contributed by atoms with E-state index in [1.54, 1.807) is 0 Å². The van der Waals surface area contributed by atoms with Crippen LogP contribution >= 0.6 is 0 Å². The van der Waals surface area contributed by atoms with Crippen molar-refractivity contribution in [3.8, 4) is 17.1 Å². The Kier molecular flexibility index (Phi) is 4.46. The zero-order valence-electron chi connectivity index (χ0n) is 14.2. The molecule has 0 unspecified atom stereocenters. The van der Waals surface area contributed by atoms with Crippen molar-refractivity contribution in [2.45, 2.75) is 11.1 Å². The summed E-state index contributed by atoms with van der Waals surface area (Å²) in [6.07, 6.45) is -1.41. The number of hydrogen-bond donors (Lipinski definition) is 0. The Bertz CT molecular complexity index is 1160. The van der Waals surface area contributed by atoms with Crippen molar-refractivity contribution < 1.29 is 21.6 Å². The third-order valence-corrected chi connectivity index (χ3v) is 5.01. The van der Waals surface area contributed by atoms with Crippen LogP contribution in [0.1, 0.15) is 5.69 Å². The third-order valence-electron chi connectivity index (χ3n) is 3.88. The molecule has 3 rings (SSSR count). The molecule has 10 heteroatoms. The molecule has 142 valence electrons. The van der Waals surface area contributed by atoms with Crippen molar-refractivity contribution in [2.75, 3.05) is 6.26 Å². The number of halogens is 3. The first-order valence-corrected chi connectivity index (χ1v) is 9.50. The molecular formula is C17H14F3N3O3S. The number of alkyl halides is 3.